The van der Waals surface area contributed by atoms with Crippen molar-refractivity contribution in [1.29, 1.82) is 0 Å². The summed E-state index contributed by atoms with van der Waals surface area (Å²) in [5.41, 5.74) is 0. The summed E-state index contributed by atoms with van der Waals surface area (Å²) in [6.45, 7) is 4.35. The number of nitrogens with one attached hydrogen (secondary N) is 1. The number of nitrogens with zero attached hydrogens (tertiary/aromatic N) is 1. The standard InChI is InChI=1S/C13H22N2O/c1-9-5-11-7-14-8-12(11)15(9)13(16)6-10-3-2-4-10/h9-12,14H,2-8H2,1H3. The molecule has 3 nitrogen and oxygen atoms in total. The maximum atomic E-state index is 12.3. The monoisotopic (exact) mass is 222 g/mol. The minimum absolute atomic E-state index is 0.424. The topological polar surface area (TPSA) is 32.3 Å². The number of amides is 1. The zero-order valence-corrected chi connectivity index (χ0v) is 10.1. The van der Waals surface area contributed by atoms with Gasteiger partial charge >= 0.3 is 0 Å². The summed E-state index contributed by atoms with van der Waals surface area (Å²) in [7, 11) is 0. The van der Waals surface area contributed by atoms with E-state index >= 15 is 0 Å². The molecule has 16 heavy (non-hydrogen) atoms. The quantitative estimate of drug-likeness (QED) is 0.765. The molecule has 1 saturated carbocycles. The summed E-state index contributed by atoms with van der Waals surface area (Å²) in [5.74, 6) is 1.85. The molecule has 0 aromatic carbocycles. The van der Waals surface area contributed by atoms with Crippen molar-refractivity contribution in [1.82, 2.24) is 10.2 Å². The number of carbonyl (C=O) groups excluding carboxylic acids is 1. The Morgan fingerprint density at radius 3 is 2.88 bits per heavy atom. The van der Waals surface area contributed by atoms with Crippen molar-refractivity contribution in [2.45, 2.75) is 51.1 Å². The normalized spacial score (nSPS) is 38.6. The van der Waals surface area contributed by atoms with Crippen LogP contribution in [0.2, 0.25) is 0 Å². The lowest BCUT2D eigenvalue weighted by Crippen LogP contribution is -2.43. The van der Waals surface area contributed by atoms with Gasteiger partial charge in [0.1, 0.15) is 0 Å². The molecule has 90 valence electrons. The number of carbonyl (C=O) groups is 1. The summed E-state index contributed by atoms with van der Waals surface area (Å²) in [4.78, 5) is 14.5. The van der Waals surface area contributed by atoms with Crippen LogP contribution in [0.1, 0.15) is 39.0 Å². The zero-order valence-electron chi connectivity index (χ0n) is 10.1. The predicted molar refractivity (Wildman–Crippen MR) is 63.0 cm³/mol. The molecule has 2 aliphatic heterocycles. The van der Waals surface area contributed by atoms with Crippen LogP contribution in [0.3, 0.4) is 0 Å². The van der Waals surface area contributed by atoms with Crippen molar-refractivity contribution in [2.75, 3.05) is 13.1 Å². The average Bonchev–Trinajstić information content (AvgIpc) is 2.70. The maximum Gasteiger partial charge on any atom is 0.223 e. The fourth-order valence-electron chi connectivity index (χ4n) is 3.64. The molecule has 1 N–H and O–H groups in total. The molecule has 3 atom stereocenters. The second-order valence-corrected chi connectivity index (χ2v) is 5.87. The third-order valence-electron chi connectivity index (χ3n) is 4.76. The van der Waals surface area contributed by atoms with Gasteiger partial charge in [0.15, 0.2) is 0 Å². The number of fused-ring (bicyclic) bond motifs is 1. The minimum Gasteiger partial charge on any atom is -0.335 e. The van der Waals surface area contributed by atoms with Gasteiger partial charge in [0.2, 0.25) is 5.91 Å². The fourth-order valence-corrected chi connectivity index (χ4v) is 3.64. The van der Waals surface area contributed by atoms with E-state index in [1.54, 1.807) is 0 Å². The molecule has 3 fully saturated rings. The third-order valence-corrected chi connectivity index (χ3v) is 4.76. The molecule has 0 radical (unpaired) electrons. The van der Waals surface area contributed by atoms with E-state index in [-0.39, 0.29) is 0 Å². The SMILES string of the molecule is CC1CC2CNCC2N1C(=O)CC1CCC1. The molecule has 2 saturated heterocycles. The summed E-state index contributed by atoms with van der Waals surface area (Å²) in [6.07, 6.45) is 5.91. The van der Waals surface area contributed by atoms with Crippen molar-refractivity contribution in [3.63, 3.8) is 0 Å². The lowest BCUT2D eigenvalue weighted by molar-refractivity contribution is -0.135. The largest absolute Gasteiger partial charge is 0.335 e. The zero-order chi connectivity index (χ0) is 11.1. The van der Waals surface area contributed by atoms with Gasteiger partial charge in [0.25, 0.3) is 0 Å². The summed E-state index contributed by atoms with van der Waals surface area (Å²) < 4.78 is 0. The summed E-state index contributed by atoms with van der Waals surface area (Å²) in [6, 6.07) is 0.979. The van der Waals surface area contributed by atoms with E-state index in [1.165, 1.54) is 25.7 Å². The molecule has 3 rings (SSSR count). The van der Waals surface area contributed by atoms with Crippen molar-refractivity contribution in [3.8, 4) is 0 Å². The smallest absolute Gasteiger partial charge is 0.223 e. The van der Waals surface area contributed by atoms with Gasteiger partial charge in [-0.15, -0.1) is 0 Å². The molecule has 0 aromatic heterocycles. The Kier molecular flexibility index (Phi) is 2.66. The van der Waals surface area contributed by atoms with E-state index in [1.807, 2.05) is 0 Å². The Labute approximate surface area is 97.6 Å². The van der Waals surface area contributed by atoms with Gasteiger partial charge in [0.05, 0.1) is 0 Å². The van der Waals surface area contributed by atoms with E-state index in [0.29, 0.717) is 23.9 Å². The molecule has 1 amide bonds. The van der Waals surface area contributed by atoms with Crippen LogP contribution < -0.4 is 5.32 Å². The Morgan fingerprint density at radius 1 is 1.38 bits per heavy atom. The van der Waals surface area contributed by atoms with Crippen LogP contribution in [0, 0.1) is 11.8 Å². The van der Waals surface area contributed by atoms with Crippen molar-refractivity contribution in [2.24, 2.45) is 11.8 Å². The maximum absolute atomic E-state index is 12.3. The predicted octanol–water partition coefficient (Wildman–Crippen LogP) is 1.39. The molecule has 0 spiro atoms. The first kappa shape index (κ1) is 10.6. The van der Waals surface area contributed by atoms with E-state index < -0.39 is 0 Å². The van der Waals surface area contributed by atoms with E-state index in [4.69, 9.17) is 0 Å². The van der Waals surface area contributed by atoms with Gasteiger partial charge in [-0.1, -0.05) is 6.42 Å². The van der Waals surface area contributed by atoms with Crippen molar-refractivity contribution >= 4 is 5.91 Å². The molecule has 1 aliphatic carbocycles. The molecule has 3 heteroatoms. The molecular weight excluding hydrogens is 200 g/mol. The highest BCUT2D eigenvalue weighted by molar-refractivity contribution is 5.77. The average molecular weight is 222 g/mol. The van der Waals surface area contributed by atoms with Crippen LogP contribution in [0.25, 0.3) is 0 Å². The van der Waals surface area contributed by atoms with Crippen LogP contribution >= 0.6 is 0 Å². The Morgan fingerprint density at radius 2 is 2.19 bits per heavy atom. The van der Waals surface area contributed by atoms with Crippen LogP contribution in [0.4, 0.5) is 0 Å². The highest BCUT2D eigenvalue weighted by Gasteiger charge is 2.44. The molecule has 0 bridgehead atoms. The Hall–Kier alpha value is -0.570. The highest BCUT2D eigenvalue weighted by atomic mass is 16.2. The van der Waals surface area contributed by atoms with Crippen LogP contribution in [0.5, 0.6) is 0 Å². The molecular formula is C13H22N2O. The van der Waals surface area contributed by atoms with Crippen LogP contribution in [-0.4, -0.2) is 36.0 Å². The fraction of sp³-hybridized carbons (Fsp3) is 0.923. The lowest BCUT2D eigenvalue weighted by Gasteiger charge is -2.32. The van der Waals surface area contributed by atoms with E-state index in [2.05, 4.69) is 17.1 Å². The number of rotatable bonds is 2. The minimum atomic E-state index is 0.424. The van der Waals surface area contributed by atoms with Crippen molar-refractivity contribution in [3.05, 3.63) is 0 Å². The number of hydrogen-bond donors (Lipinski definition) is 1. The van der Waals surface area contributed by atoms with Gasteiger partial charge in [0, 0.05) is 31.6 Å². The lowest BCUT2D eigenvalue weighted by atomic mass is 9.82. The first-order valence-corrected chi connectivity index (χ1v) is 6.77. The van der Waals surface area contributed by atoms with Crippen molar-refractivity contribution < 1.29 is 4.79 Å². The van der Waals surface area contributed by atoms with E-state index in [0.717, 1.165) is 25.4 Å². The molecule has 0 aromatic rings. The Balaban J connectivity index is 1.65. The van der Waals surface area contributed by atoms with Gasteiger partial charge in [-0.05, 0) is 38.0 Å². The molecule has 3 aliphatic rings. The van der Waals surface area contributed by atoms with Gasteiger partial charge in [-0.3, -0.25) is 4.79 Å². The summed E-state index contributed by atoms with van der Waals surface area (Å²) >= 11 is 0. The van der Waals surface area contributed by atoms with Crippen LogP contribution in [-0.2, 0) is 4.79 Å². The third kappa shape index (κ3) is 1.65. The molecule has 2 heterocycles. The summed E-state index contributed by atoms with van der Waals surface area (Å²) in [5, 5.41) is 3.42. The first-order chi connectivity index (χ1) is 7.75. The van der Waals surface area contributed by atoms with Crippen LogP contribution in [0.15, 0.2) is 0 Å². The highest BCUT2D eigenvalue weighted by Crippen LogP contribution is 2.35. The van der Waals surface area contributed by atoms with Gasteiger partial charge in [-0.2, -0.15) is 0 Å². The Bertz CT molecular complexity index is 288. The number of likely N-dealkylation sites (tertiary alicyclic amines) is 1. The van der Waals surface area contributed by atoms with Gasteiger partial charge in [-0.25, -0.2) is 0 Å². The van der Waals surface area contributed by atoms with Gasteiger partial charge < -0.3 is 10.2 Å². The second-order valence-electron chi connectivity index (χ2n) is 5.87. The second kappa shape index (κ2) is 4.02. The molecule has 3 unspecified atom stereocenters. The number of hydrogen-bond acceptors (Lipinski definition) is 2. The van der Waals surface area contributed by atoms with E-state index in [9.17, 15) is 4.79 Å². The first-order valence-electron chi connectivity index (χ1n) is 6.77.